The summed E-state index contributed by atoms with van der Waals surface area (Å²) in [7, 11) is 0. The van der Waals surface area contributed by atoms with Gasteiger partial charge in [-0.05, 0) is 26.3 Å². The van der Waals surface area contributed by atoms with E-state index in [1.54, 1.807) is 0 Å². The topological polar surface area (TPSA) is 38.3 Å². The van der Waals surface area contributed by atoms with Gasteiger partial charge in [0, 0.05) is 13.0 Å². The van der Waals surface area contributed by atoms with Crippen LogP contribution >= 0.6 is 0 Å². The maximum absolute atomic E-state index is 11.7. The second-order valence-electron chi connectivity index (χ2n) is 5.09. The Bertz CT molecular complexity index is 413. The van der Waals surface area contributed by atoms with Gasteiger partial charge in [0.25, 0.3) is 0 Å². The van der Waals surface area contributed by atoms with Crippen LogP contribution in [0.5, 0.6) is 0 Å². The minimum atomic E-state index is -0.537. The Morgan fingerprint density at radius 3 is 2.59 bits per heavy atom. The normalized spacial score (nSPS) is 28.2. The molecule has 3 heteroatoms. The molecule has 1 aromatic rings. The number of ether oxygens (including phenoxy) is 1. The minimum Gasteiger partial charge on any atom is -0.461 e. The maximum atomic E-state index is 11.7. The average Bonchev–Trinajstić information content (AvgIpc) is 2.52. The third-order valence-electron chi connectivity index (χ3n) is 3.26. The van der Waals surface area contributed by atoms with Crippen molar-refractivity contribution >= 4 is 5.97 Å². The summed E-state index contributed by atoms with van der Waals surface area (Å²) in [5, 5.41) is 3.30. The molecular formula is C14H19NO2. The molecule has 2 rings (SSSR count). The molecule has 1 aromatic carbocycles. The second-order valence-corrected chi connectivity index (χ2v) is 5.09. The Hall–Kier alpha value is -1.35. The summed E-state index contributed by atoms with van der Waals surface area (Å²) in [5.74, 6) is -0.142. The van der Waals surface area contributed by atoms with Gasteiger partial charge >= 0.3 is 5.97 Å². The maximum Gasteiger partial charge on any atom is 0.326 e. The standard InChI is InChI=1S/C14H19NO2/c1-10-4-6-12(7-5-10)9-15-14(3)8-11(2)17-13(14)16/h4-7,11,15H,8-9H2,1-3H3/t11-,14+/m0/s1. The minimum absolute atomic E-state index is 0.0121. The van der Waals surface area contributed by atoms with Crippen LogP contribution in [0.15, 0.2) is 24.3 Å². The van der Waals surface area contributed by atoms with Gasteiger partial charge in [-0.1, -0.05) is 29.8 Å². The highest BCUT2D eigenvalue weighted by molar-refractivity contribution is 5.82. The lowest BCUT2D eigenvalue weighted by atomic mass is 9.97. The van der Waals surface area contributed by atoms with Gasteiger partial charge in [-0.3, -0.25) is 10.1 Å². The summed E-state index contributed by atoms with van der Waals surface area (Å²) in [6.45, 7) is 6.59. The smallest absolute Gasteiger partial charge is 0.326 e. The molecule has 0 aromatic heterocycles. The van der Waals surface area contributed by atoms with Gasteiger partial charge in [0.1, 0.15) is 11.6 Å². The van der Waals surface area contributed by atoms with Crippen LogP contribution in [0, 0.1) is 6.92 Å². The third-order valence-corrected chi connectivity index (χ3v) is 3.26. The fourth-order valence-electron chi connectivity index (χ4n) is 2.16. The molecule has 17 heavy (non-hydrogen) atoms. The van der Waals surface area contributed by atoms with Crippen molar-refractivity contribution < 1.29 is 9.53 Å². The molecule has 0 spiro atoms. The monoisotopic (exact) mass is 233 g/mol. The van der Waals surface area contributed by atoms with Crippen LogP contribution < -0.4 is 5.32 Å². The molecule has 1 fully saturated rings. The third kappa shape index (κ3) is 2.67. The second kappa shape index (κ2) is 4.49. The van der Waals surface area contributed by atoms with E-state index in [-0.39, 0.29) is 12.1 Å². The largest absolute Gasteiger partial charge is 0.461 e. The number of carbonyl (C=O) groups excluding carboxylic acids is 1. The van der Waals surface area contributed by atoms with E-state index >= 15 is 0 Å². The summed E-state index contributed by atoms with van der Waals surface area (Å²) in [5.41, 5.74) is 1.89. The SMILES string of the molecule is Cc1ccc(CN[C@]2(C)C[C@H](C)OC2=O)cc1. The number of nitrogens with one attached hydrogen (secondary N) is 1. The first-order valence-corrected chi connectivity index (χ1v) is 6.01. The Morgan fingerprint density at radius 1 is 1.41 bits per heavy atom. The predicted octanol–water partition coefficient (Wildman–Crippen LogP) is 2.18. The van der Waals surface area contributed by atoms with Crippen molar-refractivity contribution in [2.24, 2.45) is 0 Å². The molecule has 0 aliphatic carbocycles. The van der Waals surface area contributed by atoms with Gasteiger partial charge in [0.15, 0.2) is 0 Å². The molecule has 0 radical (unpaired) electrons. The van der Waals surface area contributed by atoms with Gasteiger partial charge in [0.2, 0.25) is 0 Å². The Labute approximate surface area is 102 Å². The van der Waals surface area contributed by atoms with E-state index in [2.05, 4.69) is 36.5 Å². The highest BCUT2D eigenvalue weighted by atomic mass is 16.6. The zero-order valence-corrected chi connectivity index (χ0v) is 10.6. The van der Waals surface area contributed by atoms with Gasteiger partial charge in [-0.25, -0.2) is 0 Å². The number of rotatable bonds is 3. The molecule has 92 valence electrons. The van der Waals surface area contributed by atoms with E-state index < -0.39 is 5.54 Å². The number of aryl methyl sites for hydroxylation is 1. The van der Waals surface area contributed by atoms with Crippen LogP contribution in [-0.2, 0) is 16.1 Å². The molecule has 1 heterocycles. The van der Waals surface area contributed by atoms with Crippen LogP contribution in [0.25, 0.3) is 0 Å². The Morgan fingerprint density at radius 2 is 2.06 bits per heavy atom. The van der Waals surface area contributed by atoms with E-state index in [9.17, 15) is 4.79 Å². The van der Waals surface area contributed by atoms with Crippen LogP contribution in [0.2, 0.25) is 0 Å². The van der Waals surface area contributed by atoms with Crippen molar-refractivity contribution in [1.82, 2.24) is 5.32 Å². The molecule has 1 aliphatic heterocycles. The van der Waals surface area contributed by atoms with Crippen LogP contribution in [0.3, 0.4) is 0 Å². The molecule has 0 amide bonds. The van der Waals surface area contributed by atoms with E-state index in [0.717, 1.165) is 6.42 Å². The van der Waals surface area contributed by atoms with Gasteiger partial charge in [-0.2, -0.15) is 0 Å². The van der Waals surface area contributed by atoms with Crippen molar-refractivity contribution in [2.45, 2.75) is 45.4 Å². The summed E-state index contributed by atoms with van der Waals surface area (Å²) in [6.07, 6.45) is 0.746. The summed E-state index contributed by atoms with van der Waals surface area (Å²) < 4.78 is 5.18. The van der Waals surface area contributed by atoms with Crippen molar-refractivity contribution in [1.29, 1.82) is 0 Å². The lowest BCUT2D eigenvalue weighted by molar-refractivity contribution is -0.145. The van der Waals surface area contributed by atoms with Crippen molar-refractivity contribution in [2.75, 3.05) is 0 Å². The van der Waals surface area contributed by atoms with E-state index in [0.29, 0.717) is 6.54 Å². The van der Waals surface area contributed by atoms with Crippen LogP contribution in [0.4, 0.5) is 0 Å². The molecule has 0 saturated carbocycles. The van der Waals surface area contributed by atoms with Gasteiger partial charge < -0.3 is 4.74 Å². The molecule has 2 atom stereocenters. The van der Waals surface area contributed by atoms with E-state index in [4.69, 9.17) is 4.74 Å². The highest BCUT2D eigenvalue weighted by Gasteiger charge is 2.43. The van der Waals surface area contributed by atoms with Crippen molar-refractivity contribution in [3.8, 4) is 0 Å². The highest BCUT2D eigenvalue weighted by Crippen LogP contribution is 2.25. The van der Waals surface area contributed by atoms with Crippen molar-refractivity contribution in [3.63, 3.8) is 0 Å². The van der Waals surface area contributed by atoms with Gasteiger partial charge in [0.05, 0.1) is 0 Å². The lowest BCUT2D eigenvalue weighted by Gasteiger charge is -2.21. The molecule has 1 saturated heterocycles. The fourth-order valence-corrected chi connectivity index (χ4v) is 2.16. The summed E-state index contributed by atoms with van der Waals surface area (Å²) in [6, 6.07) is 8.31. The zero-order chi connectivity index (χ0) is 12.5. The number of cyclic esters (lactones) is 1. The Balaban J connectivity index is 1.98. The molecule has 0 unspecified atom stereocenters. The fraction of sp³-hybridized carbons (Fsp3) is 0.500. The molecule has 0 bridgehead atoms. The number of carbonyl (C=O) groups is 1. The number of hydrogen-bond acceptors (Lipinski definition) is 3. The quantitative estimate of drug-likeness (QED) is 0.813. The van der Waals surface area contributed by atoms with Crippen LogP contribution in [-0.4, -0.2) is 17.6 Å². The first-order chi connectivity index (χ1) is 7.99. The zero-order valence-electron chi connectivity index (χ0n) is 10.6. The average molecular weight is 233 g/mol. The van der Waals surface area contributed by atoms with Gasteiger partial charge in [-0.15, -0.1) is 0 Å². The number of esters is 1. The molecule has 1 N–H and O–H groups in total. The summed E-state index contributed by atoms with van der Waals surface area (Å²) in [4.78, 5) is 11.7. The molecular weight excluding hydrogens is 214 g/mol. The lowest BCUT2D eigenvalue weighted by Crippen LogP contribution is -2.45. The van der Waals surface area contributed by atoms with E-state index in [1.807, 2.05) is 13.8 Å². The molecule has 1 aliphatic rings. The summed E-state index contributed by atoms with van der Waals surface area (Å²) >= 11 is 0. The van der Waals surface area contributed by atoms with E-state index in [1.165, 1.54) is 11.1 Å². The predicted molar refractivity (Wildman–Crippen MR) is 66.6 cm³/mol. The number of benzene rings is 1. The molecule has 3 nitrogen and oxygen atoms in total. The number of hydrogen-bond donors (Lipinski definition) is 1. The first-order valence-electron chi connectivity index (χ1n) is 6.01. The Kier molecular flexibility index (Phi) is 3.20. The first kappa shape index (κ1) is 12.1. The van der Waals surface area contributed by atoms with Crippen molar-refractivity contribution in [3.05, 3.63) is 35.4 Å². The van der Waals surface area contributed by atoms with Crippen LogP contribution in [0.1, 0.15) is 31.4 Å².